The Hall–Kier alpha value is -4.74. The van der Waals surface area contributed by atoms with Crippen molar-refractivity contribution in [2.75, 3.05) is 19.1 Å². The molecule has 8 nitrogen and oxygen atoms in total. The van der Waals surface area contributed by atoms with Crippen molar-refractivity contribution < 1.29 is 28.6 Å². The van der Waals surface area contributed by atoms with Gasteiger partial charge in [-0.1, -0.05) is 83.8 Å². The quantitative estimate of drug-likeness (QED) is 0.0673. The van der Waals surface area contributed by atoms with Crippen LogP contribution in [0.1, 0.15) is 22.7 Å². The lowest BCUT2D eigenvalue weighted by atomic mass is 9.95. The van der Waals surface area contributed by atoms with E-state index in [1.54, 1.807) is 12.1 Å². The van der Waals surface area contributed by atoms with E-state index in [0.29, 0.717) is 21.6 Å². The van der Waals surface area contributed by atoms with Gasteiger partial charge in [0.25, 0.3) is 5.78 Å². The van der Waals surface area contributed by atoms with Gasteiger partial charge < -0.3 is 14.6 Å². The predicted molar refractivity (Wildman–Crippen MR) is 164 cm³/mol. The highest BCUT2D eigenvalue weighted by Gasteiger charge is 2.49. The van der Waals surface area contributed by atoms with Crippen LogP contribution in [0.25, 0.3) is 16.5 Å². The van der Waals surface area contributed by atoms with E-state index in [-0.39, 0.29) is 21.8 Å². The number of benzene rings is 4. The molecule has 0 bridgehead atoms. The normalized spacial score (nSPS) is 16.2. The second-order valence-electron chi connectivity index (χ2n) is 9.54. The summed E-state index contributed by atoms with van der Waals surface area (Å²) < 4.78 is 26.4. The number of halogens is 1. The number of hydrogen-bond donors (Lipinski definition) is 1. The van der Waals surface area contributed by atoms with Crippen LogP contribution in [0.4, 0.5) is 9.52 Å². The summed E-state index contributed by atoms with van der Waals surface area (Å²) in [4.78, 5) is 28.1. The molecule has 0 radical (unpaired) electrons. The second kappa shape index (κ2) is 11.9. The first-order valence-electron chi connectivity index (χ1n) is 13.1. The molecule has 2 heterocycles. The highest BCUT2D eigenvalue weighted by Crippen LogP contribution is 2.45. The molecule has 5 aromatic rings. The molecule has 4 aromatic carbocycles. The predicted octanol–water partition coefficient (Wildman–Crippen LogP) is 6.77. The van der Waals surface area contributed by atoms with Crippen molar-refractivity contribution in [1.82, 2.24) is 10.2 Å². The number of nitrogens with zero attached hydrogens (tertiary/aromatic N) is 3. The van der Waals surface area contributed by atoms with Crippen LogP contribution >= 0.6 is 23.1 Å². The van der Waals surface area contributed by atoms with E-state index >= 15 is 4.39 Å². The van der Waals surface area contributed by atoms with Gasteiger partial charge in [-0.3, -0.25) is 14.5 Å². The Labute approximate surface area is 254 Å². The van der Waals surface area contributed by atoms with E-state index < -0.39 is 29.3 Å². The van der Waals surface area contributed by atoms with Crippen molar-refractivity contribution in [3.8, 4) is 11.5 Å². The number of carbonyl (C=O) groups excluding carboxylic acids is 2. The van der Waals surface area contributed by atoms with Crippen LogP contribution in [0.15, 0.2) is 94.8 Å². The molecule has 1 atom stereocenters. The van der Waals surface area contributed by atoms with E-state index in [1.807, 2.05) is 36.4 Å². The molecule has 0 spiro atoms. The summed E-state index contributed by atoms with van der Waals surface area (Å²) >= 11 is 2.56. The summed E-state index contributed by atoms with van der Waals surface area (Å²) in [7, 11) is 2.91. The minimum Gasteiger partial charge on any atom is -0.507 e. The number of ketones is 1. The molecule has 43 heavy (non-hydrogen) atoms. The van der Waals surface area contributed by atoms with E-state index in [0.717, 1.165) is 32.6 Å². The summed E-state index contributed by atoms with van der Waals surface area (Å²) in [5.74, 6) is -1.73. The Balaban J connectivity index is 1.39. The lowest BCUT2D eigenvalue weighted by Gasteiger charge is -2.23. The van der Waals surface area contributed by atoms with E-state index in [2.05, 4.69) is 16.3 Å². The van der Waals surface area contributed by atoms with E-state index in [9.17, 15) is 14.7 Å². The molecule has 1 aliphatic rings. The van der Waals surface area contributed by atoms with Crippen LogP contribution in [-0.2, 0) is 15.3 Å². The molecular formula is C32H24FN3O5S2. The molecule has 1 aliphatic heterocycles. The summed E-state index contributed by atoms with van der Waals surface area (Å²) in [5.41, 5.74) is 1.06. The van der Waals surface area contributed by atoms with Gasteiger partial charge in [0, 0.05) is 16.9 Å². The number of fused-ring (bicyclic) bond motifs is 1. The third-order valence-corrected chi connectivity index (χ3v) is 9.24. The summed E-state index contributed by atoms with van der Waals surface area (Å²) in [6, 6.07) is 23.3. The van der Waals surface area contributed by atoms with Crippen LogP contribution in [0.5, 0.6) is 11.5 Å². The number of rotatable bonds is 8. The summed E-state index contributed by atoms with van der Waals surface area (Å²) in [6.45, 7) is 0. The maximum Gasteiger partial charge on any atom is 0.301 e. The fourth-order valence-electron chi connectivity index (χ4n) is 5.08. The molecule has 1 unspecified atom stereocenters. The van der Waals surface area contributed by atoms with Gasteiger partial charge in [-0.15, -0.1) is 10.2 Å². The maximum atomic E-state index is 15.3. The smallest absolute Gasteiger partial charge is 0.301 e. The van der Waals surface area contributed by atoms with Gasteiger partial charge in [0.15, 0.2) is 15.8 Å². The number of ether oxygens (including phenoxy) is 2. The number of aromatic nitrogens is 2. The molecule has 1 aromatic heterocycles. The number of methoxy groups -OCH3 is 2. The van der Waals surface area contributed by atoms with Crippen molar-refractivity contribution in [3.63, 3.8) is 0 Å². The van der Waals surface area contributed by atoms with E-state index in [4.69, 9.17) is 9.47 Å². The Morgan fingerprint density at radius 1 is 0.953 bits per heavy atom. The zero-order valence-corrected chi connectivity index (χ0v) is 24.6. The van der Waals surface area contributed by atoms with Gasteiger partial charge in [0.2, 0.25) is 5.13 Å². The molecule has 1 N–H and O–H groups in total. The number of carbonyl (C=O) groups is 2. The monoisotopic (exact) mass is 613 g/mol. The van der Waals surface area contributed by atoms with Gasteiger partial charge in [-0.25, -0.2) is 4.39 Å². The van der Waals surface area contributed by atoms with Crippen LogP contribution in [-0.4, -0.2) is 41.2 Å². The van der Waals surface area contributed by atoms with Crippen LogP contribution in [0.3, 0.4) is 0 Å². The van der Waals surface area contributed by atoms with Crippen molar-refractivity contribution in [2.45, 2.75) is 16.1 Å². The molecule has 216 valence electrons. The SMILES string of the molecule is COc1ccc(/C(O)=C2/C(=O)C(=O)N(c3nnc(SCc4cccc5ccccc45)s3)C2c2ccccc2F)cc1OC. The second-order valence-corrected chi connectivity index (χ2v) is 11.7. The first-order valence-corrected chi connectivity index (χ1v) is 14.9. The molecule has 1 fully saturated rings. The Morgan fingerprint density at radius 3 is 2.49 bits per heavy atom. The molecule has 11 heteroatoms. The number of aliphatic hydroxyl groups excluding tert-OH is 1. The first-order chi connectivity index (χ1) is 20.9. The molecule has 6 rings (SSSR count). The number of thioether (sulfide) groups is 1. The summed E-state index contributed by atoms with van der Waals surface area (Å²) in [6.07, 6.45) is 0. The van der Waals surface area contributed by atoms with Crippen molar-refractivity contribution in [2.24, 2.45) is 0 Å². The third kappa shape index (κ3) is 5.21. The van der Waals surface area contributed by atoms with Crippen molar-refractivity contribution in [3.05, 3.63) is 113 Å². The lowest BCUT2D eigenvalue weighted by molar-refractivity contribution is -0.132. The Kier molecular flexibility index (Phi) is 7.83. The van der Waals surface area contributed by atoms with Crippen LogP contribution < -0.4 is 14.4 Å². The van der Waals surface area contributed by atoms with Crippen molar-refractivity contribution >= 4 is 56.5 Å². The van der Waals surface area contributed by atoms with E-state index in [1.165, 1.54) is 56.3 Å². The number of amides is 1. The highest BCUT2D eigenvalue weighted by atomic mass is 32.2. The van der Waals surface area contributed by atoms with Crippen molar-refractivity contribution in [1.29, 1.82) is 0 Å². The Bertz CT molecular complexity index is 1900. The van der Waals surface area contributed by atoms with Gasteiger partial charge in [0.05, 0.1) is 19.8 Å². The number of aliphatic hydroxyl groups is 1. The lowest BCUT2D eigenvalue weighted by Crippen LogP contribution is -2.29. The topological polar surface area (TPSA) is 102 Å². The van der Waals surface area contributed by atoms with Gasteiger partial charge in [-0.2, -0.15) is 0 Å². The minimum absolute atomic E-state index is 0.0314. The average Bonchev–Trinajstić information content (AvgIpc) is 3.61. The third-order valence-electron chi connectivity index (χ3n) is 7.13. The Morgan fingerprint density at radius 2 is 1.70 bits per heavy atom. The number of Topliss-reactive ketones (excluding diaryl/α,β-unsaturated/α-hetero) is 1. The molecular weight excluding hydrogens is 590 g/mol. The van der Waals surface area contributed by atoms with Crippen LogP contribution in [0.2, 0.25) is 0 Å². The standard InChI is InChI=1S/C32H24FN3O5S2/c1-40-24-15-14-19(16-25(24)41-2)28(37)26-27(22-12-5-6-13-23(22)33)36(30(39)29(26)38)31-34-35-32(43-31)42-17-20-10-7-9-18-8-3-4-11-21(18)20/h3-16,27,37H,17H2,1-2H3/b28-26-. The zero-order valence-electron chi connectivity index (χ0n) is 23.0. The average molecular weight is 614 g/mol. The number of hydrogen-bond acceptors (Lipinski definition) is 9. The fraction of sp³-hybridized carbons (Fsp3) is 0.125. The zero-order chi connectivity index (χ0) is 30.1. The maximum absolute atomic E-state index is 15.3. The largest absolute Gasteiger partial charge is 0.507 e. The van der Waals surface area contributed by atoms with Gasteiger partial charge in [-0.05, 0) is 40.6 Å². The fourth-order valence-corrected chi connectivity index (χ4v) is 6.95. The first kappa shape index (κ1) is 28.4. The number of anilines is 1. The van der Waals surface area contributed by atoms with Crippen LogP contribution in [0, 0.1) is 5.82 Å². The van der Waals surface area contributed by atoms with Gasteiger partial charge in [0.1, 0.15) is 17.6 Å². The summed E-state index contributed by atoms with van der Waals surface area (Å²) in [5, 5.41) is 22.2. The molecule has 0 saturated carbocycles. The van der Waals surface area contributed by atoms with Gasteiger partial charge >= 0.3 is 5.91 Å². The molecule has 1 saturated heterocycles. The molecule has 0 aliphatic carbocycles. The minimum atomic E-state index is -1.28. The molecule has 1 amide bonds. The highest BCUT2D eigenvalue weighted by molar-refractivity contribution is 8.00.